The Kier molecular flexibility index (Phi) is 6.12. The average molecular weight is 300 g/mol. The molecule has 0 saturated carbocycles. The van der Waals surface area contributed by atoms with Crippen molar-refractivity contribution >= 4 is 21.4 Å². The Morgan fingerprint density at radius 2 is 1.95 bits per heavy atom. The molecular formula is C13H20N2O4S. The number of rotatable bonds is 7. The molecule has 6 nitrogen and oxygen atoms in total. The predicted molar refractivity (Wildman–Crippen MR) is 78.1 cm³/mol. The van der Waals surface area contributed by atoms with Crippen molar-refractivity contribution in [3.63, 3.8) is 0 Å². The highest BCUT2D eigenvalue weighted by Gasteiger charge is 2.27. The average Bonchev–Trinajstić information content (AvgIpc) is 2.45. The molecule has 0 fully saturated rings. The van der Waals surface area contributed by atoms with Gasteiger partial charge in [0.15, 0.2) is 9.84 Å². The Morgan fingerprint density at radius 3 is 2.45 bits per heavy atom. The van der Waals surface area contributed by atoms with Gasteiger partial charge < -0.3 is 15.8 Å². The fourth-order valence-electron chi connectivity index (χ4n) is 1.51. The van der Waals surface area contributed by atoms with Crippen molar-refractivity contribution in [1.29, 1.82) is 0 Å². The molecule has 0 spiro atoms. The molecule has 0 aliphatic heterocycles. The molecule has 0 aliphatic carbocycles. The van der Waals surface area contributed by atoms with E-state index in [0.717, 1.165) is 5.56 Å². The van der Waals surface area contributed by atoms with Gasteiger partial charge in [-0.3, -0.25) is 4.79 Å². The van der Waals surface area contributed by atoms with Crippen LogP contribution in [0.4, 0.5) is 5.69 Å². The monoisotopic (exact) mass is 300 g/mol. The van der Waals surface area contributed by atoms with Crippen molar-refractivity contribution in [3.8, 4) is 0 Å². The van der Waals surface area contributed by atoms with Crippen LogP contribution < -0.4 is 11.1 Å². The van der Waals surface area contributed by atoms with Crippen molar-refractivity contribution in [1.82, 2.24) is 0 Å². The van der Waals surface area contributed by atoms with Crippen LogP contribution in [0.2, 0.25) is 0 Å². The molecule has 0 radical (unpaired) electrons. The molecular weight excluding hydrogens is 280 g/mol. The third-order valence-electron chi connectivity index (χ3n) is 2.94. The number of anilines is 1. The van der Waals surface area contributed by atoms with E-state index in [4.69, 9.17) is 10.5 Å². The molecule has 1 unspecified atom stereocenters. The summed E-state index contributed by atoms with van der Waals surface area (Å²) in [5, 5.41) is 1.46. The Labute approximate surface area is 119 Å². The maximum Gasteiger partial charge on any atom is 0.242 e. The first-order valence-corrected chi connectivity index (χ1v) is 7.92. The van der Waals surface area contributed by atoms with Crippen LogP contribution in [-0.4, -0.2) is 39.0 Å². The third-order valence-corrected chi connectivity index (χ3v) is 4.96. The van der Waals surface area contributed by atoms with Crippen molar-refractivity contribution in [2.24, 2.45) is 5.73 Å². The van der Waals surface area contributed by atoms with Crippen LogP contribution in [0.1, 0.15) is 12.5 Å². The van der Waals surface area contributed by atoms with Gasteiger partial charge in [-0.1, -0.05) is 12.1 Å². The number of carbonyl (C=O) groups is 1. The fourth-order valence-corrected chi connectivity index (χ4v) is 2.65. The lowest BCUT2D eigenvalue weighted by molar-refractivity contribution is -0.115. The van der Waals surface area contributed by atoms with Crippen molar-refractivity contribution in [3.05, 3.63) is 29.8 Å². The molecule has 1 aromatic rings. The molecule has 1 atom stereocenters. The van der Waals surface area contributed by atoms with Crippen LogP contribution in [0.25, 0.3) is 0 Å². The van der Waals surface area contributed by atoms with Gasteiger partial charge in [0.1, 0.15) is 5.25 Å². The highest BCUT2D eigenvalue weighted by Crippen LogP contribution is 2.11. The number of hydrogen-bond donors (Lipinski definition) is 2. The highest BCUT2D eigenvalue weighted by atomic mass is 32.2. The van der Waals surface area contributed by atoms with E-state index in [0.29, 0.717) is 12.2 Å². The molecule has 0 aromatic heterocycles. The Bertz CT molecular complexity index is 540. The number of methoxy groups -OCH3 is 1. The first-order valence-electron chi connectivity index (χ1n) is 6.21. The van der Waals surface area contributed by atoms with Gasteiger partial charge in [-0.05, 0) is 24.6 Å². The zero-order chi connectivity index (χ0) is 15.2. The molecule has 0 saturated heterocycles. The van der Waals surface area contributed by atoms with Crippen LogP contribution in [-0.2, 0) is 25.9 Å². The van der Waals surface area contributed by atoms with E-state index in [1.54, 1.807) is 24.3 Å². The molecule has 20 heavy (non-hydrogen) atoms. The minimum atomic E-state index is -3.51. The maximum absolute atomic E-state index is 11.9. The van der Waals surface area contributed by atoms with E-state index >= 15 is 0 Å². The van der Waals surface area contributed by atoms with Crippen LogP contribution >= 0.6 is 0 Å². The lowest BCUT2D eigenvalue weighted by Gasteiger charge is -2.13. The largest absolute Gasteiger partial charge is 0.384 e. The summed E-state index contributed by atoms with van der Waals surface area (Å²) in [6.45, 7) is 1.86. The lowest BCUT2D eigenvalue weighted by atomic mass is 10.2. The van der Waals surface area contributed by atoms with Gasteiger partial charge in [-0.25, -0.2) is 8.42 Å². The smallest absolute Gasteiger partial charge is 0.242 e. The summed E-state index contributed by atoms with van der Waals surface area (Å²) in [4.78, 5) is 11.9. The second-order valence-corrected chi connectivity index (χ2v) is 6.83. The van der Waals surface area contributed by atoms with Gasteiger partial charge in [-0.2, -0.15) is 0 Å². The van der Waals surface area contributed by atoms with E-state index in [-0.39, 0.29) is 12.4 Å². The fraction of sp³-hybridized carbons (Fsp3) is 0.462. The first-order chi connectivity index (χ1) is 9.40. The molecule has 0 aliphatic rings. The van der Waals surface area contributed by atoms with Gasteiger partial charge in [-0.15, -0.1) is 0 Å². The SMILES string of the molecule is COCCS(=O)(=O)C(C)C(=O)Nc1ccc(CN)cc1. The quantitative estimate of drug-likeness (QED) is 0.765. The zero-order valence-electron chi connectivity index (χ0n) is 11.6. The van der Waals surface area contributed by atoms with Crippen LogP contribution in [0.15, 0.2) is 24.3 Å². The number of carbonyl (C=O) groups excluding carboxylic acids is 1. The molecule has 0 bridgehead atoms. The predicted octanol–water partition coefficient (Wildman–Crippen LogP) is 0.534. The van der Waals surface area contributed by atoms with Gasteiger partial charge in [0.25, 0.3) is 0 Å². The van der Waals surface area contributed by atoms with Crippen molar-refractivity contribution < 1.29 is 17.9 Å². The van der Waals surface area contributed by atoms with E-state index in [9.17, 15) is 13.2 Å². The van der Waals surface area contributed by atoms with E-state index in [1.165, 1.54) is 14.0 Å². The lowest BCUT2D eigenvalue weighted by Crippen LogP contribution is -2.35. The second kappa shape index (κ2) is 7.37. The van der Waals surface area contributed by atoms with Gasteiger partial charge >= 0.3 is 0 Å². The molecule has 0 heterocycles. The van der Waals surface area contributed by atoms with Crippen LogP contribution in [0.5, 0.6) is 0 Å². The van der Waals surface area contributed by atoms with Gasteiger partial charge in [0.05, 0.1) is 12.4 Å². The molecule has 112 valence electrons. The number of sulfone groups is 1. The molecule has 1 aromatic carbocycles. The van der Waals surface area contributed by atoms with Crippen LogP contribution in [0, 0.1) is 0 Å². The summed E-state index contributed by atoms with van der Waals surface area (Å²) in [5.74, 6) is -0.730. The number of amides is 1. The van der Waals surface area contributed by atoms with Gasteiger partial charge in [0, 0.05) is 19.3 Å². The zero-order valence-corrected chi connectivity index (χ0v) is 12.4. The summed E-state index contributed by atoms with van der Waals surface area (Å²) >= 11 is 0. The number of nitrogens with one attached hydrogen (secondary N) is 1. The van der Waals surface area contributed by atoms with Crippen molar-refractivity contribution in [2.75, 3.05) is 24.8 Å². The minimum absolute atomic E-state index is 0.0746. The Morgan fingerprint density at radius 1 is 1.35 bits per heavy atom. The Balaban J connectivity index is 2.69. The summed E-state index contributed by atoms with van der Waals surface area (Å²) < 4.78 is 28.5. The van der Waals surface area contributed by atoms with E-state index < -0.39 is 21.0 Å². The van der Waals surface area contributed by atoms with Crippen molar-refractivity contribution in [2.45, 2.75) is 18.7 Å². The van der Waals surface area contributed by atoms with E-state index in [2.05, 4.69) is 5.32 Å². The Hall–Kier alpha value is -1.44. The first kappa shape index (κ1) is 16.6. The third kappa shape index (κ3) is 4.59. The summed E-state index contributed by atoms with van der Waals surface area (Å²) in [7, 11) is -2.10. The summed E-state index contributed by atoms with van der Waals surface area (Å²) in [6, 6.07) is 6.93. The summed E-state index contributed by atoms with van der Waals surface area (Å²) in [6.07, 6.45) is 0. The number of benzene rings is 1. The number of nitrogens with two attached hydrogens (primary N) is 1. The minimum Gasteiger partial charge on any atom is -0.384 e. The highest BCUT2D eigenvalue weighted by molar-refractivity contribution is 7.92. The molecule has 1 amide bonds. The molecule has 3 N–H and O–H groups in total. The summed E-state index contributed by atoms with van der Waals surface area (Å²) in [5.41, 5.74) is 6.95. The standard InChI is InChI=1S/C13H20N2O4S/c1-10(20(17,18)8-7-19-2)13(16)15-12-5-3-11(9-14)4-6-12/h3-6,10H,7-9,14H2,1-2H3,(H,15,16). The van der Waals surface area contributed by atoms with Crippen LogP contribution in [0.3, 0.4) is 0 Å². The number of hydrogen-bond acceptors (Lipinski definition) is 5. The molecule has 1 rings (SSSR count). The topological polar surface area (TPSA) is 98.5 Å². The maximum atomic E-state index is 11.9. The van der Waals surface area contributed by atoms with E-state index in [1.807, 2.05) is 0 Å². The molecule has 7 heteroatoms. The van der Waals surface area contributed by atoms with Gasteiger partial charge in [0.2, 0.25) is 5.91 Å². The second-order valence-electron chi connectivity index (χ2n) is 4.39. The normalized spacial score (nSPS) is 12.9. The number of ether oxygens (including phenoxy) is 1.